The molecule has 1 aromatic heterocycles. The van der Waals surface area contributed by atoms with Gasteiger partial charge in [0.15, 0.2) is 5.82 Å². The number of anilines is 1. The van der Waals surface area contributed by atoms with Gasteiger partial charge in [0.25, 0.3) is 0 Å². The molecule has 2 rings (SSSR count). The minimum atomic E-state index is -3.32. The Kier molecular flexibility index (Phi) is 4.01. The fraction of sp³-hybridized carbons (Fsp3) is 0.700. The van der Waals surface area contributed by atoms with Crippen molar-refractivity contribution in [3.05, 3.63) is 12.3 Å². The van der Waals surface area contributed by atoms with Crippen molar-refractivity contribution in [3.8, 4) is 0 Å². The third-order valence-electron chi connectivity index (χ3n) is 2.85. The lowest BCUT2D eigenvalue weighted by Crippen LogP contribution is -2.36. The van der Waals surface area contributed by atoms with E-state index in [9.17, 15) is 8.42 Å². The summed E-state index contributed by atoms with van der Waals surface area (Å²) >= 11 is 0. The summed E-state index contributed by atoms with van der Waals surface area (Å²) < 4.78 is 30.4. The maximum absolute atomic E-state index is 11.7. The second-order valence-corrected chi connectivity index (χ2v) is 6.08. The van der Waals surface area contributed by atoms with Gasteiger partial charge in [0.05, 0.1) is 5.75 Å². The van der Waals surface area contributed by atoms with Gasteiger partial charge in [-0.25, -0.2) is 8.42 Å². The Morgan fingerprint density at radius 1 is 1.53 bits per heavy atom. The summed E-state index contributed by atoms with van der Waals surface area (Å²) in [5.74, 6) is 0.346. The van der Waals surface area contributed by atoms with Gasteiger partial charge in [-0.2, -0.15) is 0 Å². The number of aromatic nitrogens is 1. The van der Waals surface area contributed by atoms with E-state index in [1.165, 1.54) is 25.2 Å². The van der Waals surface area contributed by atoms with Crippen LogP contribution in [0.2, 0.25) is 0 Å². The number of hydrogen-bond acceptors (Lipinski definition) is 5. The molecular weight excluding hydrogens is 242 g/mol. The second kappa shape index (κ2) is 5.50. The van der Waals surface area contributed by atoms with Crippen LogP contribution in [0.25, 0.3) is 0 Å². The summed E-state index contributed by atoms with van der Waals surface area (Å²) in [6.45, 7) is 0.988. The van der Waals surface area contributed by atoms with Gasteiger partial charge in [0, 0.05) is 12.1 Å². The Morgan fingerprint density at radius 2 is 2.41 bits per heavy atom. The molecule has 0 radical (unpaired) electrons. The molecule has 2 N–H and O–H groups in total. The number of nitrogens with one attached hydrogen (secondary N) is 2. The summed E-state index contributed by atoms with van der Waals surface area (Å²) in [6, 6.07) is 1.80. The van der Waals surface area contributed by atoms with Crippen LogP contribution in [0.1, 0.15) is 25.7 Å². The van der Waals surface area contributed by atoms with E-state index in [1.54, 1.807) is 0 Å². The van der Waals surface area contributed by atoms with Crippen molar-refractivity contribution in [2.75, 3.05) is 17.0 Å². The quantitative estimate of drug-likeness (QED) is 0.822. The maximum atomic E-state index is 11.7. The van der Waals surface area contributed by atoms with Crippen LogP contribution in [0.15, 0.2) is 16.9 Å². The Balaban J connectivity index is 1.80. The normalized spacial score (nSPS) is 21.3. The second-order valence-electron chi connectivity index (χ2n) is 4.24. The van der Waals surface area contributed by atoms with Crippen LogP contribution in [-0.4, -0.2) is 31.9 Å². The highest BCUT2D eigenvalue weighted by molar-refractivity contribution is 7.92. The Morgan fingerprint density at radius 3 is 3.06 bits per heavy atom. The van der Waals surface area contributed by atoms with Gasteiger partial charge in [0.2, 0.25) is 10.0 Å². The van der Waals surface area contributed by atoms with E-state index in [0.29, 0.717) is 12.5 Å². The summed E-state index contributed by atoms with van der Waals surface area (Å²) in [7, 11) is -3.32. The minimum absolute atomic E-state index is 0.109. The van der Waals surface area contributed by atoms with Crippen LogP contribution >= 0.6 is 0 Å². The molecule has 7 heteroatoms. The predicted octanol–water partition coefficient (Wildman–Crippen LogP) is 0.948. The molecule has 1 aromatic rings. The monoisotopic (exact) mass is 259 g/mol. The van der Waals surface area contributed by atoms with Crippen molar-refractivity contribution in [1.29, 1.82) is 0 Å². The van der Waals surface area contributed by atoms with Crippen LogP contribution < -0.4 is 10.0 Å². The zero-order chi connectivity index (χ0) is 12.1. The van der Waals surface area contributed by atoms with Crippen molar-refractivity contribution in [2.45, 2.75) is 31.7 Å². The lowest BCUT2D eigenvalue weighted by Gasteiger charge is -2.23. The third-order valence-corrected chi connectivity index (χ3v) is 4.14. The smallest absolute Gasteiger partial charge is 0.234 e. The van der Waals surface area contributed by atoms with Crippen LogP contribution in [-0.2, 0) is 10.0 Å². The van der Waals surface area contributed by atoms with Gasteiger partial charge in [0.1, 0.15) is 6.26 Å². The molecule has 1 fully saturated rings. The van der Waals surface area contributed by atoms with Gasteiger partial charge < -0.3 is 9.84 Å². The molecule has 1 aliphatic rings. The molecular formula is C10H17N3O3S. The number of sulfonamides is 1. The third kappa shape index (κ3) is 4.01. The lowest BCUT2D eigenvalue weighted by atomic mass is 10.0. The van der Waals surface area contributed by atoms with E-state index >= 15 is 0 Å². The van der Waals surface area contributed by atoms with Crippen molar-refractivity contribution in [2.24, 2.45) is 0 Å². The Labute approximate surface area is 101 Å². The van der Waals surface area contributed by atoms with E-state index in [-0.39, 0.29) is 11.6 Å². The fourth-order valence-corrected chi connectivity index (χ4v) is 3.06. The SMILES string of the molecule is O=S(=O)(CCC1CCCCN1)Nc1ccon1. The first-order chi connectivity index (χ1) is 8.16. The molecule has 96 valence electrons. The van der Waals surface area contributed by atoms with E-state index in [4.69, 9.17) is 0 Å². The molecule has 0 bridgehead atoms. The fourth-order valence-electron chi connectivity index (χ4n) is 1.94. The van der Waals surface area contributed by atoms with E-state index < -0.39 is 10.0 Å². The number of rotatable bonds is 5. The zero-order valence-corrected chi connectivity index (χ0v) is 10.4. The molecule has 0 spiro atoms. The average Bonchev–Trinajstić information content (AvgIpc) is 2.80. The first kappa shape index (κ1) is 12.4. The summed E-state index contributed by atoms with van der Waals surface area (Å²) in [4.78, 5) is 0. The molecule has 1 saturated heterocycles. The first-order valence-electron chi connectivity index (χ1n) is 5.80. The van der Waals surface area contributed by atoms with Gasteiger partial charge >= 0.3 is 0 Å². The molecule has 0 aromatic carbocycles. The first-order valence-corrected chi connectivity index (χ1v) is 7.45. The number of piperidine rings is 1. The maximum Gasteiger partial charge on any atom is 0.234 e. The zero-order valence-electron chi connectivity index (χ0n) is 9.55. The molecule has 17 heavy (non-hydrogen) atoms. The summed E-state index contributed by atoms with van der Waals surface area (Å²) in [6.07, 6.45) is 5.38. The topological polar surface area (TPSA) is 84.2 Å². The van der Waals surface area contributed by atoms with E-state index in [0.717, 1.165) is 13.0 Å². The summed E-state index contributed by atoms with van der Waals surface area (Å²) in [5, 5.41) is 6.84. The average molecular weight is 259 g/mol. The molecule has 6 nitrogen and oxygen atoms in total. The van der Waals surface area contributed by atoms with Crippen LogP contribution in [0.5, 0.6) is 0 Å². The van der Waals surface area contributed by atoms with E-state index in [2.05, 4.69) is 19.7 Å². The molecule has 2 heterocycles. The molecule has 0 aliphatic carbocycles. The van der Waals surface area contributed by atoms with E-state index in [1.807, 2.05) is 0 Å². The molecule has 0 saturated carbocycles. The molecule has 0 amide bonds. The summed E-state index contributed by atoms with van der Waals surface area (Å²) in [5.41, 5.74) is 0. The lowest BCUT2D eigenvalue weighted by molar-refractivity contribution is 0.393. The minimum Gasteiger partial charge on any atom is -0.363 e. The highest BCUT2D eigenvalue weighted by Gasteiger charge is 2.18. The van der Waals surface area contributed by atoms with Gasteiger partial charge in [-0.15, -0.1) is 0 Å². The number of nitrogens with zero attached hydrogens (tertiary/aromatic N) is 1. The van der Waals surface area contributed by atoms with Gasteiger partial charge in [-0.05, 0) is 25.8 Å². The number of hydrogen-bond donors (Lipinski definition) is 2. The molecule has 1 unspecified atom stereocenters. The van der Waals surface area contributed by atoms with Gasteiger partial charge in [-0.3, -0.25) is 4.72 Å². The molecule has 1 atom stereocenters. The van der Waals surface area contributed by atoms with Crippen LogP contribution in [0.4, 0.5) is 5.82 Å². The van der Waals surface area contributed by atoms with Crippen LogP contribution in [0.3, 0.4) is 0 Å². The highest BCUT2D eigenvalue weighted by atomic mass is 32.2. The standard InChI is InChI=1S/C10H17N3O3S/c14-17(15,13-10-4-7-16-12-10)8-5-9-3-1-2-6-11-9/h4,7,9,11H,1-3,5-6,8H2,(H,12,13). The van der Waals surface area contributed by atoms with Crippen molar-refractivity contribution < 1.29 is 12.9 Å². The highest BCUT2D eigenvalue weighted by Crippen LogP contribution is 2.12. The van der Waals surface area contributed by atoms with Gasteiger partial charge in [-0.1, -0.05) is 11.6 Å². The largest absolute Gasteiger partial charge is 0.363 e. The Hall–Kier alpha value is -1.08. The predicted molar refractivity (Wildman–Crippen MR) is 64.2 cm³/mol. The Bertz CT molecular complexity index is 424. The van der Waals surface area contributed by atoms with Crippen molar-refractivity contribution >= 4 is 15.8 Å². The van der Waals surface area contributed by atoms with Crippen molar-refractivity contribution in [1.82, 2.24) is 10.5 Å². The molecule has 1 aliphatic heterocycles. The van der Waals surface area contributed by atoms with Crippen molar-refractivity contribution in [3.63, 3.8) is 0 Å². The van der Waals surface area contributed by atoms with Crippen LogP contribution in [0, 0.1) is 0 Å².